The number of amides is 3. The fourth-order valence-electron chi connectivity index (χ4n) is 2.37. The van der Waals surface area contributed by atoms with Crippen molar-refractivity contribution in [2.45, 2.75) is 51.4 Å². The molecule has 12 nitrogen and oxygen atoms in total. The van der Waals surface area contributed by atoms with E-state index in [0.29, 0.717) is 5.69 Å². The highest BCUT2D eigenvalue weighted by atomic mass is 16.4. The van der Waals surface area contributed by atoms with Crippen LogP contribution in [0, 0.1) is 5.92 Å². The minimum Gasteiger partial charge on any atom is -0.480 e. The quantitative estimate of drug-likeness (QED) is 0.206. The number of aliphatic hydroxyl groups is 1. The Labute approximate surface area is 167 Å². The first-order chi connectivity index (χ1) is 13.6. The van der Waals surface area contributed by atoms with Gasteiger partial charge in [-0.3, -0.25) is 14.4 Å². The van der Waals surface area contributed by atoms with Gasteiger partial charge in [0, 0.05) is 18.3 Å². The maximum absolute atomic E-state index is 12.3. The number of nitrogens with one attached hydrogen (secondary N) is 4. The lowest BCUT2D eigenvalue weighted by atomic mass is 10.0. The highest BCUT2D eigenvalue weighted by molar-refractivity contribution is 5.94. The first-order valence-corrected chi connectivity index (χ1v) is 9.04. The van der Waals surface area contributed by atoms with Gasteiger partial charge in [-0.05, 0) is 12.8 Å². The van der Waals surface area contributed by atoms with Crippen molar-refractivity contribution >= 4 is 23.7 Å². The molecule has 0 radical (unpaired) electrons. The van der Waals surface area contributed by atoms with Gasteiger partial charge >= 0.3 is 5.97 Å². The topological polar surface area (TPSA) is 200 Å². The Kier molecular flexibility index (Phi) is 9.22. The zero-order chi connectivity index (χ0) is 22.1. The molecule has 1 rings (SSSR count). The Morgan fingerprint density at radius 2 is 1.76 bits per heavy atom. The van der Waals surface area contributed by atoms with Crippen LogP contribution in [0.15, 0.2) is 12.5 Å². The number of aliphatic hydroxyl groups excluding tert-OH is 1. The lowest BCUT2D eigenvalue weighted by molar-refractivity contribution is -0.143. The number of nitrogens with two attached hydrogens (primary N) is 1. The lowest BCUT2D eigenvalue weighted by Crippen LogP contribution is -2.58. The maximum atomic E-state index is 12.3. The van der Waals surface area contributed by atoms with Gasteiger partial charge in [0.1, 0.15) is 18.1 Å². The maximum Gasteiger partial charge on any atom is 0.326 e. The monoisotopic (exact) mass is 412 g/mol. The zero-order valence-corrected chi connectivity index (χ0v) is 16.5. The molecule has 162 valence electrons. The third-order valence-corrected chi connectivity index (χ3v) is 4.13. The van der Waals surface area contributed by atoms with Gasteiger partial charge in [-0.25, -0.2) is 9.78 Å². The molecule has 0 saturated carbocycles. The van der Waals surface area contributed by atoms with Crippen molar-refractivity contribution < 1.29 is 29.4 Å². The van der Waals surface area contributed by atoms with Crippen LogP contribution in [0.2, 0.25) is 0 Å². The minimum absolute atomic E-state index is 0.188. The van der Waals surface area contributed by atoms with Crippen LogP contribution in [0.5, 0.6) is 0 Å². The molecule has 1 aromatic heterocycles. The number of rotatable bonds is 11. The Morgan fingerprint density at radius 3 is 2.24 bits per heavy atom. The second-order valence-corrected chi connectivity index (χ2v) is 6.93. The van der Waals surface area contributed by atoms with Crippen LogP contribution in [0.1, 0.15) is 26.5 Å². The van der Waals surface area contributed by atoms with Crippen molar-refractivity contribution in [3.63, 3.8) is 0 Å². The molecular formula is C17H28N6O6. The number of imidazole rings is 1. The molecule has 0 aliphatic carbocycles. The van der Waals surface area contributed by atoms with Crippen molar-refractivity contribution in [1.29, 1.82) is 0 Å². The van der Waals surface area contributed by atoms with Gasteiger partial charge in [-0.2, -0.15) is 0 Å². The number of aromatic amines is 1. The predicted molar refractivity (Wildman–Crippen MR) is 101 cm³/mol. The Hall–Kier alpha value is -2.99. The first-order valence-electron chi connectivity index (χ1n) is 9.04. The fourth-order valence-corrected chi connectivity index (χ4v) is 2.37. The Bertz CT molecular complexity index is 707. The molecule has 8 N–H and O–H groups in total. The van der Waals surface area contributed by atoms with Crippen molar-refractivity contribution in [2.24, 2.45) is 11.7 Å². The highest BCUT2D eigenvalue weighted by Gasteiger charge is 2.29. The van der Waals surface area contributed by atoms with E-state index in [9.17, 15) is 24.3 Å². The van der Waals surface area contributed by atoms with Crippen molar-refractivity contribution in [2.75, 3.05) is 6.61 Å². The summed E-state index contributed by atoms with van der Waals surface area (Å²) in [6.45, 7) is 3.85. The number of hydrogen-bond acceptors (Lipinski definition) is 7. The summed E-state index contributed by atoms with van der Waals surface area (Å²) in [6, 6.07) is -4.52. The number of aromatic nitrogens is 2. The lowest BCUT2D eigenvalue weighted by Gasteiger charge is -2.23. The van der Waals surface area contributed by atoms with Gasteiger partial charge in [-0.15, -0.1) is 0 Å². The largest absolute Gasteiger partial charge is 0.480 e. The molecule has 29 heavy (non-hydrogen) atoms. The smallest absolute Gasteiger partial charge is 0.326 e. The van der Waals surface area contributed by atoms with Crippen LogP contribution < -0.4 is 21.7 Å². The molecule has 4 unspecified atom stereocenters. The van der Waals surface area contributed by atoms with Crippen LogP contribution in [0.25, 0.3) is 0 Å². The zero-order valence-electron chi connectivity index (χ0n) is 16.5. The number of H-pyrrole nitrogens is 1. The third-order valence-electron chi connectivity index (χ3n) is 4.13. The van der Waals surface area contributed by atoms with E-state index in [2.05, 4.69) is 25.9 Å². The molecule has 4 atom stereocenters. The van der Waals surface area contributed by atoms with Crippen LogP contribution >= 0.6 is 0 Å². The van der Waals surface area contributed by atoms with E-state index in [1.165, 1.54) is 19.4 Å². The van der Waals surface area contributed by atoms with E-state index in [4.69, 9.17) is 10.8 Å². The summed E-state index contributed by atoms with van der Waals surface area (Å²) in [6.07, 6.45) is 3.16. The number of carboxylic acid groups (broad SMARTS) is 1. The standard InChI is InChI=1S/C17H28N6O6/c1-8(2)13(17(28)29)23-16(27)12(6-24)22-14(25)9(3)21-15(26)11(18)4-10-5-19-7-20-10/h5,7-9,11-13,24H,4,6,18H2,1-3H3,(H,19,20)(H,21,26)(H,22,25)(H,23,27)(H,28,29). The van der Waals surface area contributed by atoms with Crippen LogP contribution in [-0.4, -0.2) is 74.6 Å². The van der Waals surface area contributed by atoms with Crippen LogP contribution in [0.4, 0.5) is 0 Å². The average Bonchev–Trinajstić information content (AvgIpc) is 3.15. The highest BCUT2D eigenvalue weighted by Crippen LogP contribution is 2.02. The number of carbonyl (C=O) groups is 4. The Balaban J connectivity index is 2.60. The number of carboxylic acids is 1. The molecule has 0 aliphatic heterocycles. The molecule has 1 heterocycles. The molecule has 3 amide bonds. The van der Waals surface area contributed by atoms with Crippen molar-refractivity contribution in [3.05, 3.63) is 18.2 Å². The molecule has 0 bridgehead atoms. The molecule has 0 saturated heterocycles. The summed E-state index contributed by atoms with van der Waals surface area (Å²) in [5.41, 5.74) is 6.45. The van der Waals surface area contributed by atoms with Gasteiger partial charge in [0.25, 0.3) is 0 Å². The Morgan fingerprint density at radius 1 is 1.10 bits per heavy atom. The van der Waals surface area contributed by atoms with Gasteiger partial charge in [0.15, 0.2) is 0 Å². The van der Waals surface area contributed by atoms with Crippen molar-refractivity contribution in [3.8, 4) is 0 Å². The minimum atomic E-state index is -1.37. The van der Waals surface area contributed by atoms with Gasteiger partial charge in [0.05, 0.1) is 19.0 Å². The van der Waals surface area contributed by atoms with Gasteiger partial charge in [0.2, 0.25) is 17.7 Å². The van der Waals surface area contributed by atoms with Crippen LogP contribution in [0.3, 0.4) is 0 Å². The number of hydrogen-bond donors (Lipinski definition) is 7. The predicted octanol–water partition coefficient (Wildman–Crippen LogP) is -2.51. The molecule has 0 spiro atoms. The second-order valence-electron chi connectivity index (χ2n) is 6.93. The molecule has 0 aliphatic rings. The summed E-state index contributed by atoms with van der Waals surface area (Å²) < 4.78 is 0. The van der Waals surface area contributed by atoms with Gasteiger partial charge < -0.3 is 36.9 Å². The third kappa shape index (κ3) is 7.50. The summed E-state index contributed by atoms with van der Waals surface area (Å²) >= 11 is 0. The summed E-state index contributed by atoms with van der Waals surface area (Å²) in [4.78, 5) is 54.4. The average molecular weight is 412 g/mol. The summed E-state index contributed by atoms with van der Waals surface area (Å²) in [5, 5.41) is 25.5. The molecular weight excluding hydrogens is 384 g/mol. The van der Waals surface area contributed by atoms with Gasteiger partial charge in [-0.1, -0.05) is 13.8 Å². The number of aliphatic carboxylic acids is 1. The normalized spacial score (nSPS) is 15.1. The van der Waals surface area contributed by atoms with E-state index >= 15 is 0 Å². The molecule has 1 aromatic rings. The first kappa shape index (κ1) is 24.0. The number of nitrogens with zero attached hydrogens (tertiary/aromatic N) is 1. The molecule has 12 heteroatoms. The fraction of sp³-hybridized carbons (Fsp3) is 0.588. The number of carbonyl (C=O) groups excluding carboxylic acids is 3. The van der Waals surface area contributed by atoms with E-state index in [1.807, 2.05) is 0 Å². The second kappa shape index (κ2) is 11.1. The van der Waals surface area contributed by atoms with E-state index in [-0.39, 0.29) is 6.42 Å². The SMILES string of the molecule is CC(NC(=O)C(N)Cc1cnc[nH]1)C(=O)NC(CO)C(=O)NC(C(=O)O)C(C)C. The molecule has 0 fully saturated rings. The van der Waals surface area contributed by atoms with E-state index in [0.717, 1.165) is 0 Å². The van der Waals surface area contributed by atoms with Crippen LogP contribution in [-0.2, 0) is 25.6 Å². The summed E-state index contributed by atoms with van der Waals surface area (Å²) in [5.74, 6) is -3.81. The summed E-state index contributed by atoms with van der Waals surface area (Å²) in [7, 11) is 0. The van der Waals surface area contributed by atoms with E-state index < -0.39 is 60.4 Å². The molecule has 0 aromatic carbocycles. The van der Waals surface area contributed by atoms with E-state index in [1.54, 1.807) is 13.8 Å². The van der Waals surface area contributed by atoms with Crippen molar-refractivity contribution in [1.82, 2.24) is 25.9 Å².